The van der Waals surface area contributed by atoms with Crippen molar-refractivity contribution in [3.63, 3.8) is 0 Å². The summed E-state index contributed by atoms with van der Waals surface area (Å²) in [5.41, 5.74) is 0.878. The van der Waals surface area contributed by atoms with Crippen LogP contribution in [0.15, 0.2) is 65.6 Å². The molecule has 142 valence electrons. The first-order valence-corrected chi connectivity index (χ1v) is 9.62. The molecule has 0 saturated carbocycles. The molecule has 6 nitrogen and oxygen atoms in total. The predicted octanol–water partition coefficient (Wildman–Crippen LogP) is 3.18. The standard InChI is InChI=1S/C20H17FN4O2S/c21-15-7-2-1-6-14(15)16-9-10-17(28-16)19(26)22-11-5-13-25-20(27)24-12-4-3-8-18(24)23-25/h1-4,6-10,12H,5,11,13H2,(H,22,26). The zero-order chi connectivity index (χ0) is 19.5. The summed E-state index contributed by atoms with van der Waals surface area (Å²) in [6, 6.07) is 15.3. The summed E-state index contributed by atoms with van der Waals surface area (Å²) in [5, 5.41) is 7.08. The van der Waals surface area contributed by atoms with E-state index in [1.54, 1.807) is 48.7 Å². The lowest BCUT2D eigenvalue weighted by molar-refractivity contribution is 0.0956. The zero-order valence-electron chi connectivity index (χ0n) is 14.8. The van der Waals surface area contributed by atoms with E-state index in [1.165, 1.54) is 26.5 Å². The second-order valence-electron chi connectivity index (χ2n) is 6.19. The molecule has 0 fully saturated rings. The number of carbonyl (C=O) groups excluding carboxylic acids is 1. The highest BCUT2D eigenvalue weighted by Crippen LogP contribution is 2.29. The molecule has 0 radical (unpaired) electrons. The first-order chi connectivity index (χ1) is 13.6. The summed E-state index contributed by atoms with van der Waals surface area (Å²) in [4.78, 5) is 25.7. The van der Waals surface area contributed by atoms with Crippen LogP contribution in [0.4, 0.5) is 4.39 Å². The Morgan fingerprint density at radius 2 is 1.93 bits per heavy atom. The van der Waals surface area contributed by atoms with E-state index in [2.05, 4.69) is 10.4 Å². The van der Waals surface area contributed by atoms with Crippen molar-refractivity contribution < 1.29 is 9.18 Å². The monoisotopic (exact) mass is 396 g/mol. The van der Waals surface area contributed by atoms with E-state index < -0.39 is 0 Å². The van der Waals surface area contributed by atoms with Crippen molar-refractivity contribution in [2.24, 2.45) is 0 Å². The van der Waals surface area contributed by atoms with Gasteiger partial charge in [-0.2, -0.15) is 0 Å². The summed E-state index contributed by atoms with van der Waals surface area (Å²) in [6.45, 7) is 0.817. The number of amides is 1. The van der Waals surface area contributed by atoms with Crippen LogP contribution in [0.25, 0.3) is 16.1 Å². The molecule has 0 aliphatic rings. The number of rotatable bonds is 6. The maximum absolute atomic E-state index is 13.9. The Labute approximate surface area is 163 Å². The lowest BCUT2D eigenvalue weighted by Gasteiger charge is -2.03. The van der Waals surface area contributed by atoms with Crippen LogP contribution < -0.4 is 11.0 Å². The highest BCUT2D eigenvalue weighted by atomic mass is 32.1. The van der Waals surface area contributed by atoms with Gasteiger partial charge in [0.05, 0.1) is 4.88 Å². The Bertz CT molecular complexity index is 1190. The third-order valence-corrected chi connectivity index (χ3v) is 5.41. The Balaban J connectivity index is 1.34. The highest BCUT2D eigenvalue weighted by molar-refractivity contribution is 7.17. The molecular weight excluding hydrogens is 379 g/mol. The summed E-state index contributed by atoms with van der Waals surface area (Å²) in [7, 11) is 0. The molecule has 1 N–H and O–H groups in total. The van der Waals surface area contributed by atoms with Crippen molar-refractivity contribution in [2.45, 2.75) is 13.0 Å². The van der Waals surface area contributed by atoms with Crippen LogP contribution in [0.5, 0.6) is 0 Å². The van der Waals surface area contributed by atoms with Gasteiger partial charge in [-0.15, -0.1) is 16.4 Å². The average Bonchev–Trinajstić information content (AvgIpc) is 3.31. The minimum atomic E-state index is -0.311. The quantitative estimate of drug-likeness (QED) is 0.509. The lowest BCUT2D eigenvalue weighted by Crippen LogP contribution is -2.27. The van der Waals surface area contributed by atoms with E-state index in [1.807, 2.05) is 6.07 Å². The molecule has 0 spiro atoms. The van der Waals surface area contributed by atoms with Gasteiger partial charge in [0.25, 0.3) is 5.91 Å². The van der Waals surface area contributed by atoms with Gasteiger partial charge in [-0.25, -0.2) is 13.9 Å². The SMILES string of the molecule is O=C(NCCCn1nc2ccccn2c1=O)c1ccc(-c2ccccc2F)s1. The first-order valence-electron chi connectivity index (χ1n) is 8.80. The van der Waals surface area contributed by atoms with Gasteiger partial charge in [-0.3, -0.25) is 9.20 Å². The van der Waals surface area contributed by atoms with Crippen LogP contribution in [0, 0.1) is 5.82 Å². The fraction of sp³-hybridized carbons (Fsp3) is 0.150. The maximum Gasteiger partial charge on any atom is 0.350 e. The number of aryl methyl sites for hydroxylation is 1. The number of pyridine rings is 1. The number of hydrogen-bond donors (Lipinski definition) is 1. The lowest BCUT2D eigenvalue weighted by atomic mass is 10.2. The van der Waals surface area contributed by atoms with Gasteiger partial charge in [-0.1, -0.05) is 24.3 Å². The molecule has 8 heteroatoms. The fourth-order valence-corrected chi connectivity index (χ4v) is 3.85. The Morgan fingerprint density at radius 1 is 1.11 bits per heavy atom. The molecule has 0 bridgehead atoms. The molecule has 3 heterocycles. The number of nitrogens with zero attached hydrogens (tertiary/aromatic N) is 3. The van der Waals surface area contributed by atoms with Gasteiger partial charge in [-0.05, 0) is 36.8 Å². The summed E-state index contributed by atoms with van der Waals surface area (Å²) < 4.78 is 16.7. The van der Waals surface area contributed by atoms with E-state index in [-0.39, 0.29) is 17.4 Å². The topological polar surface area (TPSA) is 68.4 Å². The van der Waals surface area contributed by atoms with Gasteiger partial charge < -0.3 is 5.32 Å². The maximum atomic E-state index is 13.9. The van der Waals surface area contributed by atoms with Gasteiger partial charge in [0.15, 0.2) is 5.65 Å². The first kappa shape index (κ1) is 18.1. The van der Waals surface area contributed by atoms with Crippen molar-refractivity contribution in [3.05, 3.63) is 82.0 Å². The van der Waals surface area contributed by atoms with E-state index in [0.29, 0.717) is 40.5 Å². The van der Waals surface area contributed by atoms with Crippen LogP contribution in [-0.2, 0) is 6.54 Å². The summed E-state index contributed by atoms with van der Waals surface area (Å²) in [5.74, 6) is -0.524. The third kappa shape index (κ3) is 3.59. The molecule has 0 atom stereocenters. The molecule has 1 aromatic carbocycles. The van der Waals surface area contributed by atoms with Crippen LogP contribution >= 0.6 is 11.3 Å². The van der Waals surface area contributed by atoms with Crippen LogP contribution in [0.2, 0.25) is 0 Å². The zero-order valence-corrected chi connectivity index (χ0v) is 15.7. The number of hydrogen-bond acceptors (Lipinski definition) is 4. The van der Waals surface area contributed by atoms with Gasteiger partial charge >= 0.3 is 5.69 Å². The van der Waals surface area contributed by atoms with Crippen LogP contribution in [0.1, 0.15) is 16.1 Å². The van der Waals surface area contributed by atoms with E-state index >= 15 is 0 Å². The van der Waals surface area contributed by atoms with Crippen molar-refractivity contribution >= 4 is 22.9 Å². The minimum Gasteiger partial charge on any atom is -0.351 e. The molecule has 1 amide bonds. The van der Waals surface area contributed by atoms with Gasteiger partial charge in [0, 0.05) is 29.7 Å². The molecule has 28 heavy (non-hydrogen) atoms. The number of fused-ring (bicyclic) bond motifs is 1. The summed E-state index contributed by atoms with van der Waals surface area (Å²) >= 11 is 1.25. The second kappa shape index (κ2) is 7.77. The minimum absolute atomic E-state index is 0.199. The largest absolute Gasteiger partial charge is 0.351 e. The van der Waals surface area contributed by atoms with E-state index in [0.717, 1.165) is 0 Å². The van der Waals surface area contributed by atoms with Crippen molar-refractivity contribution in [1.29, 1.82) is 0 Å². The Morgan fingerprint density at radius 3 is 2.75 bits per heavy atom. The van der Waals surface area contributed by atoms with E-state index in [9.17, 15) is 14.0 Å². The third-order valence-electron chi connectivity index (χ3n) is 4.29. The molecule has 4 rings (SSSR count). The highest BCUT2D eigenvalue weighted by Gasteiger charge is 2.12. The number of thiophene rings is 1. The average molecular weight is 396 g/mol. The molecular formula is C20H17FN4O2S. The number of halogens is 1. The smallest absolute Gasteiger partial charge is 0.350 e. The Hall–Kier alpha value is -3.26. The molecule has 0 aliphatic carbocycles. The van der Waals surface area contributed by atoms with E-state index in [4.69, 9.17) is 0 Å². The normalized spacial score (nSPS) is 11.0. The predicted molar refractivity (Wildman–Crippen MR) is 106 cm³/mol. The fourth-order valence-electron chi connectivity index (χ4n) is 2.90. The van der Waals surface area contributed by atoms with Crippen molar-refractivity contribution in [3.8, 4) is 10.4 Å². The van der Waals surface area contributed by atoms with Gasteiger partial charge in [0.2, 0.25) is 0 Å². The van der Waals surface area contributed by atoms with Crippen molar-refractivity contribution in [1.82, 2.24) is 19.5 Å². The molecule has 4 aromatic rings. The second-order valence-corrected chi connectivity index (χ2v) is 7.27. The molecule has 3 aromatic heterocycles. The summed E-state index contributed by atoms with van der Waals surface area (Å²) in [6.07, 6.45) is 2.24. The Kier molecular flexibility index (Phi) is 5.03. The molecule has 0 saturated heterocycles. The van der Waals surface area contributed by atoms with Crippen molar-refractivity contribution in [2.75, 3.05) is 6.54 Å². The number of benzene rings is 1. The molecule has 0 unspecified atom stereocenters. The van der Waals surface area contributed by atoms with Crippen LogP contribution in [0.3, 0.4) is 0 Å². The van der Waals surface area contributed by atoms with Crippen LogP contribution in [-0.4, -0.2) is 26.6 Å². The number of carbonyl (C=O) groups is 1. The number of aromatic nitrogens is 3. The number of nitrogens with one attached hydrogen (secondary N) is 1. The molecule has 0 aliphatic heterocycles. The van der Waals surface area contributed by atoms with Gasteiger partial charge in [0.1, 0.15) is 5.82 Å².